The number of amides is 1. The van der Waals surface area contributed by atoms with Crippen LogP contribution in [0.15, 0.2) is 24.3 Å². The number of halogens is 1. The lowest BCUT2D eigenvalue weighted by atomic mass is 9.93. The van der Waals surface area contributed by atoms with E-state index in [1.54, 1.807) is 20.8 Å². The van der Waals surface area contributed by atoms with Gasteiger partial charge in [-0.1, -0.05) is 16.0 Å². The summed E-state index contributed by atoms with van der Waals surface area (Å²) in [7, 11) is -5.14. The average Bonchev–Trinajstić information content (AvgIpc) is 2.36. The highest BCUT2D eigenvalue weighted by molar-refractivity contribution is 7.81. The fraction of sp³-hybridized carbons (Fsp3) is 0.467. The molecule has 0 aliphatic carbocycles. The fourth-order valence-corrected chi connectivity index (χ4v) is 2.23. The smallest absolute Gasteiger partial charge is 0.480 e. The van der Waals surface area contributed by atoms with Crippen molar-refractivity contribution >= 4 is 22.6 Å². The lowest BCUT2D eigenvalue weighted by Gasteiger charge is -2.28. The molecule has 0 bridgehead atoms. The molecule has 0 aliphatic rings. The predicted molar refractivity (Wildman–Crippen MR) is 86.2 cm³/mol. The first-order chi connectivity index (χ1) is 11.2. The first-order valence-corrected chi connectivity index (χ1v) is 8.49. The Morgan fingerprint density at radius 1 is 1.16 bits per heavy atom. The SMILES string of the molecule is CC(C)(C)OC(=O)NC(C)(Cc1ccc(OS(=O)(=O)F)cc1)C(=O)O. The molecule has 140 valence electrons. The van der Waals surface area contributed by atoms with Gasteiger partial charge in [-0.2, -0.15) is 8.42 Å². The van der Waals surface area contributed by atoms with E-state index < -0.39 is 33.7 Å². The Morgan fingerprint density at radius 2 is 1.68 bits per heavy atom. The van der Waals surface area contributed by atoms with Gasteiger partial charge in [-0.3, -0.25) is 0 Å². The first-order valence-electron chi connectivity index (χ1n) is 7.18. The maximum Gasteiger partial charge on any atom is 0.488 e. The molecule has 1 aromatic carbocycles. The summed E-state index contributed by atoms with van der Waals surface area (Å²) in [6.07, 6.45) is -1.01. The van der Waals surface area contributed by atoms with Gasteiger partial charge in [0.05, 0.1) is 0 Å². The zero-order valence-corrected chi connectivity index (χ0v) is 15.0. The number of hydrogen-bond donors (Lipinski definition) is 2. The Labute approximate surface area is 145 Å². The zero-order chi connectivity index (χ0) is 19.5. The lowest BCUT2D eigenvalue weighted by molar-refractivity contribution is -0.144. The van der Waals surface area contributed by atoms with E-state index in [-0.39, 0.29) is 12.2 Å². The number of carbonyl (C=O) groups excluding carboxylic acids is 1. The molecule has 0 saturated carbocycles. The summed E-state index contributed by atoms with van der Waals surface area (Å²) in [4.78, 5) is 23.4. The molecule has 1 unspecified atom stereocenters. The van der Waals surface area contributed by atoms with Crippen LogP contribution in [0.4, 0.5) is 8.68 Å². The van der Waals surface area contributed by atoms with Crippen molar-refractivity contribution in [2.75, 3.05) is 0 Å². The highest BCUT2D eigenvalue weighted by Gasteiger charge is 2.36. The van der Waals surface area contributed by atoms with Crippen molar-refractivity contribution in [3.63, 3.8) is 0 Å². The number of carboxylic acid groups (broad SMARTS) is 1. The van der Waals surface area contributed by atoms with Crippen LogP contribution in [0, 0.1) is 0 Å². The van der Waals surface area contributed by atoms with Crippen LogP contribution in [0.5, 0.6) is 5.75 Å². The van der Waals surface area contributed by atoms with E-state index in [1.165, 1.54) is 31.2 Å². The quantitative estimate of drug-likeness (QED) is 0.729. The van der Waals surface area contributed by atoms with E-state index in [0.717, 1.165) is 0 Å². The number of hydrogen-bond acceptors (Lipinski definition) is 6. The highest BCUT2D eigenvalue weighted by Crippen LogP contribution is 2.20. The van der Waals surface area contributed by atoms with Gasteiger partial charge < -0.3 is 19.3 Å². The summed E-state index contributed by atoms with van der Waals surface area (Å²) in [5.74, 6) is -1.55. The van der Waals surface area contributed by atoms with E-state index in [2.05, 4.69) is 9.50 Å². The molecule has 0 aromatic heterocycles. The Hall–Kier alpha value is -2.36. The standard InChI is InChI=1S/C15H20FNO7S/c1-14(2,3)23-13(20)17-15(4,12(18)19)9-10-5-7-11(8-6-10)24-25(16,21)22/h5-8H,9H2,1-4H3,(H,17,20)(H,18,19). The number of nitrogens with one attached hydrogen (secondary N) is 1. The first kappa shape index (κ1) is 20.7. The van der Waals surface area contributed by atoms with E-state index in [9.17, 15) is 27.0 Å². The molecule has 0 saturated heterocycles. The third-order valence-corrected chi connectivity index (χ3v) is 3.32. The summed E-state index contributed by atoms with van der Waals surface area (Å²) in [5.41, 5.74) is -2.01. The number of aliphatic carboxylic acids is 1. The van der Waals surface area contributed by atoms with Gasteiger partial charge >= 0.3 is 22.6 Å². The molecule has 25 heavy (non-hydrogen) atoms. The van der Waals surface area contributed by atoms with Crippen molar-refractivity contribution in [1.82, 2.24) is 5.32 Å². The van der Waals surface area contributed by atoms with Gasteiger partial charge in [-0.15, -0.1) is 0 Å². The van der Waals surface area contributed by atoms with Crippen LogP contribution in [-0.4, -0.2) is 36.7 Å². The highest BCUT2D eigenvalue weighted by atomic mass is 32.3. The average molecular weight is 377 g/mol. The number of carboxylic acids is 1. The number of rotatable bonds is 6. The van der Waals surface area contributed by atoms with Gasteiger partial charge in [-0.05, 0) is 45.4 Å². The molecule has 8 nitrogen and oxygen atoms in total. The van der Waals surface area contributed by atoms with Crippen molar-refractivity contribution in [3.05, 3.63) is 29.8 Å². The molecule has 10 heteroatoms. The van der Waals surface area contributed by atoms with Gasteiger partial charge in [0.2, 0.25) is 0 Å². The van der Waals surface area contributed by atoms with Crippen LogP contribution in [0.3, 0.4) is 0 Å². The van der Waals surface area contributed by atoms with Crippen molar-refractivity contribution < 1.29 is 35.9 Å². The molecule has 0 fully saturated rings. The van der Waals surface area contributed by atoms with Gasteiger partial charge in [0.1, 0.15) is 16.9 Å². The maximum atomic E-state index is 12.4. The predicted octanol–water partition coefficient (Wildman–Crippen LogP) is 2.19. The zero-order valence-electron chi connectivity index (χ0n) is 14.2. The van der Waals surface area contributed by atoms with Crippen LogP contribution in [0.2, 0.25) is 0 Å². The third-order valence-electron chi connectivity index (χ3n) is 2.93. The Bertz CT molecular complexity index is 740. The minimum Gasteiger partial charge on any atom is -0.480 e. The number of alkyl carbamates (subject to hydrolysis) is 1. The molecular weight excluding hydrogens is 357 g/mol. The van der Waals surface area contributed by atoms with Crippen LogP contribution in [-0.2, 0) is 26.5 Å². The van der Waals surface area contributed by atoms with E-state index in [1.807, 2.05) is 0 Å². The molecule has 1 aromatic rings. The fourth-order valence-electron chi connectivity index (χ4n) is 1.89. The molecule has 0 spiro atoms. The Kier molecular flexibility index (Phi) is 6.00. The van der Waals surface area contributed by atoms with E-state index >= 15 is 0 Å². The van der Waals surface area contributed by atoms with Crippen LogP contribution in [0.25, 0.3) is 0 Å². The van der Waals surface area contributed by atoms with Gasteiger partial charge in [0.25, 0.3) is 0 Å². The van der Waals surface area contributed by atoms with Crippen molar-refractivity contribution in [1.29, 1.82) is 0 Å². The molecule has 1 amide bonds. The number of benzene rings is 1. The summed E-state index contributed by atoms with van der Waals surface area (Å²) in [5, 5.41) is 11.7. The van der Waals surface area contributed by atoms with Gasteiger partial charge in [-0.25, -0.2) is 9.59 Å². The maximum absolute atomic E-state index is 12.4. The molecule has 0 radical (unpaired) electrons. The molecule has 0 aliphatic heterocycles. The van der Waals surface area contributed by atoms with Gasteiger partial charge in [0.15, 0.2) is 0 Å². The monoisotopic (exact) mass is 377 g/mol. The molecule has 1 atom stereocenters. The van der Waals surface area contributed by atoms with Crippen LogP contribution >= 0.6 is 0 Å². The lowest BCUT2D eigenvalue weighted by Crippen LogP contribution is -2.54. The van der Waals surface area contributed by atoms with E-state index in [4.69, 9.17) is 4.74 Å². The van der Waals surface area contributed by atoms with E-state index in [0.29, 0.717) is 5.56 Å². The van der Waals surface area contributed by atoms with Crippen LogP contribution in [0.1, 0.15) is 33.3 Å². The second-order valence-corrected chi connectivity index (χ2v) is 7.51. The summed E-state index contributed by atoms with van der Waals surface area (Å²) >= 11 is 0. The second-order valence-electron chi connectivity index (χ2n) is 6.56. The molecule has 1 rings (SSSR count). The Balaban J connectivity index is 2.90. The molecular formula is C15H20FNO7S. The van der Waals surface area contributed by atoms with Crippen molar-refractivity contribution in [3.8, 4) is 5.75 Å². The van der Waals surface area contributed by atoms with Gasteiger partial charge in [0, 0.05) is 6.42 Å². The van der Waals surface area contributed by atoms with Crippen molar-refractivity contribution in [2.24, 2.45) is 0 Å². The molecule has 0 heterocycles. The van der Waals surface area contributed by atoms with Crippen molar-refractivity contribution in [2.45, 2.75) is 45.3 Å². The minimum absolute atomic E-state index is 0.121. The summed E-state index contributed by atoms with van der Waals surface area (Å²) < 4.78 is 42.4. The number of carbonyl (C=O) groups is 2. The third kappa shape index (κ3) is 7.38. The van der Waals surface area contributed by atoms with Crippen LogP contribution < -0.4 is 9.50 Å². The summed E-state index contributed by atoms with van der Waals surface area (Å²) in [6.45, 7) is 6.22. The summed E-state index contributed by atoms with van der Waals surface area (Å²) in [6, 6.07) is 5.06. The number of ether oxygens (including phenoxy) is 1. The normalized spacial score (nSPS) is 14.3. The minimum atomic E-state index is -5.14. The Morgan fingerprint density at radius 3 is 2.08 bits per heavy atom. The second kappa shape index (κ2) is 7.26. The topological polar surface area (TPSA) is 119 Å². The molecule has 2 N–H and O–H groups in total. The largest absolute Gasteiger partial charge is 0.488 e.